The van der Waals surface area contributed by atoms with Crippen LogP contribution < -0.4 is 32.6 Å². The predicted octanol–water partition coefficient (Wildman–Crippen LogP) is 9.62. The summed E-state index contributed by atoms with van der Waals surface area (Å²) in [5.74, 6) is -0.627. The fourth-order valence-electron chi connectivity index (χ4n) is 10.2. The van der Waals surface area contributed by atoms with Crippen molar-refractivity contribution in [2.24, 2.45) is 9.98 Å². The van der Waals surface area contributed by atoms with Gasteiger partial charge in [-0.2, -0.15) is 0 Å². The van der Waals surface area contributed by atoms with Crippen LogP contribution in [0, 0.1) is 0 Å². The van der Waals surface area contributed by atoms with Crippen LogP contribution in [-0.4, -0.2) is 32.0 Å². The van der Waals surface area contributed by atoms with E-state index in [2.05, 4.69) is 20.0 Å². The molecule has 320 valence electrons. The summed E-state index contributed by atoms with van der Waals surface area (Å²) in [7, 11) is 0. The van der Waals surface area contributed by atoms with Crippen LogP contribution in [0.15, 0.2) is 184 Å². The van der Waals surface area contributed by atoms with Crippen molar-refractivity contribution in [3.8, 4) is 0 Å². The zero-order valence-electron chi connectivity index (χ0n) is 35.1. The quantitative estimate of drug-likeness (QED) is 0.0761. The molecule has 2 aromatic heterocycles. The first-order valence-corrected chi connectivity index (χ1v) is 21.5. The Labute approximate surface area is 378 Å². The van der Waals surface area contributed by atoms with E-state index in [9.17, 15) is 39.0 Å². The number of aromatic amines is 2. The molecule has 0 atom stereocenters. The van der Waals surface area contributed by atoms with E-state index < -0.39 is 32.6 Å². The summed E-state index contributed by atoms with van der Waals surface area (Å²) in [5.41, 5.74) is -0.301. The number of nitrogens with one attached hydrogen (secondary N) is 2. The Morgan fingerprint density at radius 3 is 0.868 bits per heavy atom. The van der Waals surface area contributed by atoms with E-state index in [1.54, 1.807) is 146 Å². The van der Waals surface area contributed by atoms with E-state index in [0.717, 1.165) is 0 Å². The summed E-state index contributed by atoms with van der Waals surface area (Å²) in [4.78, 5) is 102. The zero-order valence-corrected chi connectivity index (χ0v) is 35.1. The Bertz CT molecular complexity index is 4570. The Hall–Kier alpha value is -9.68. The van der Waals surface area contributed by atoms with Crippen molar-refractivity contribution in [2.75, 3.05) is 0 Å². The minimum Gasteiger partial charge on any atom is -0.493 e. The smallest absolute Gasteiger partial charge is 0.218 e. The summed E-state index contributed by atoms with van der Waals surface area (Å²) >= 11 is 0. The maximum Gasteiger partial charge on any atom is 0.218 e. The van der Waals surface area contributed by atoms with Gasteiger partial charge in [0.1, 0.15) is 0 Å². The number of benzene rings is 11. The fraction of sp³-hybridized carbons (Fsp3) is 0. The minimum atomic E-state index is -0.463. The first-order chi connectivity index (χ1) is 33.1. The minimum absolute atomic E-state index is 0.0572. The number of aromatic nitrogens is 2. The van der Waals surface area contributed by atoms with E-state index in [-0.39, 0.29) is 87.8 Å². The lowest BCUT2D eigenvalue weighted by atomic mass is 9.96. The van der Waals surface area contributed by atoms with Crippen LogP contribution in [0.1, 0.15) is 11.1 Å². The van der Waals surface area contributed by atoms with Gasteiger partial charge in [-0.1, -0.05) is 84.9 Å². The zero-order chi connectivity index (χ0) is 46.3. The Balaban J connectivity index is 1.02. The summed E-state index contributed by atoms with van der Waals surface area (Å²) in [6, 6.07) is 39.8. The molecule has 12 heteroatoms. The Kier molecular flexibility index (Phi) is 7.93. The molecule has 13 aromatic rings. The van der Waals surface area contributed by atoms with Gasteiger partial charge in [-0.15, -0.1) is 0 Å². The normalized spacial score (nSPS) is 12.8. The van der Waals surface area contributed by atoms with Crippen LogP contribution in [-0.2, 0) is 0 Å². The molecule has 13 rings (SSSR count). The molecule has 0 aliphatic carbocycles. The molecule has 0 fully saturated rings. The largest absolute Gasteiger partial charge is 0.493 e. The number of nitrogens with zero attached hydrogens (tertiary/aromatic N) is 2. The molecule has 0 saturated carbocycles. The van der Waals surface area contributed by atoms with E-state index in [1.165, 1.54) is 0 Å². The van der Waals surface area contributed by atoms with Gasteiger partial charge < -0.3 is 20.2 Å². The van der Waals surface area contributed by atoms with Crippen molar-refractivity contribution in [3.05, 3.63) is 218 Å². The van der Waals surface area contributed by atoms with Crippen LogP contribution in [0.25, 0.3) is 108 Å². The third kappa shape index (κ3) is 5.19. The van der Waals surface area contributed by atoms with Gasteiger partial charge in [0.25, 0.3) is 0 Å². The van der Waals surface area contributed by atoms with Crippen LogP contribution in [0.2, 0.25) is 0 Å². The molecule has 68 heavy (non-hydrogen) atoms. The third-order valence-corrected chi connectivity index (χ3v) is 13.3. The SMILES string of the molecule is O=c1c2ccc3c4ccc5c(=O)c6c(ccc7c8ccc9c(=O)c%10c(N=C(O)c%11ccccc%11)cccc%10c(=O)c9c8[nH]c76)c(=O)c5c4[nH]c3c2c(=O)c2cccc(N=C(O)c3ccccc3)c12. The Morgan fingerprint density at radius 2 is 0.559 bits per heavy atom. The molecule has 0 spiro atoms. The van der Waals surface area contributed by atoms with Gasteiger partial charge in [-0.25, -0.2) is 9.98 Å². The number of hydrogen-bond donors (Lipinski definition) is 4. The highest BCUT2D eigenvalue weighted by atomic mass is 16.3. The van der Waals surface area contributed by atoms with Gasteiger partial charge >= 0.3 is 0 Å². The molecule has 4 N–H and O–H groups in total. The van der Waals surface area contributed by atoms with Gasteiger partial charge in [-0.3, -0.25) is 28.8 Å². The monoisotopic (exact) mass is 884 g/mol. The highest BCUT2D eigenvalue weighted by Gasteiger charge is 2.24. The molecule has 0 amide bonds. The summed E-state index contributed by atoms with van der Waals surface area (Å²) in [5, 5.41) is 25.2. The van der Waals surface area contributed by atoms with Crippen molar-refractivity contribution in [3.63, 3.8) is 0 Å². The summed E-state index contributed by atoms with van der Waals surface area (Å²) in [6.45, 7) is 0. The van der Waals surface area contributed by atoms with Gasteiger partial charge in [-0.05, 0) is 60.7 Å². The first-order valence-electron chi connectivity index (χ1n) is 21.5. The second-order valence-corrected chi connectivity index (χ2v) is 16.9. The van der Waals surface area contributed by atoms with Gasteiger partial charge in [0.05, 0.1) is 65.8 Å². The maximum atomic E-state index is 14.8. The molecular formula is C56H28N4O8. The number of fused-ring (bicyclic) bond motifs is 16. The third-order valence-electron chi connectivity index (χ3n) is 13.3. The molecular weight excluding hydrogens is 857 g/mol. The van der Waals surface area contributed by atoms with E-state index in [1.807, 2.05) is 0 Å². The second kappa shape index (κ2) is 13.9. The number of hydrogen-bond acceptors (Lipinski definition) is 8. The average Bonchev–Trinajstić information content (AvgIpc) is 3.95. The van der Waals surface area contributed by atoms with Crippen LogP contribution in [0.4, 0.5) is 11.4 Å². The second-order valence-electron chi connectivity index (χ2n) is 16.9. The van der Waals surface area contributed by atoms with Crippen LogP contribution in [0.3, 0.4) is 0 Å². The summed E-state index contributed by atoms with van der Waals surface area (Å²) in [6.07, 6.45) is 0. The molecule has 0 aliphatic rings. The number of aliphatic hydroxyl groups excluding tert-OH is 2. The fourth-order valence-corrected chi connectivity index (χ4v) is 10.2. The number of aliphatic hydroxyl groups is 2. The molecule has 0 unspecified atom stereocenters. The number of aliphatic imine (C=N–C) groups is 2. The lowest BCUT2D eigenvalue weighted by Gasteiger charge is -2.06. The van der Waals surface area contributed by atoms with Crippen molar-refractivity contribution in [1.29, 1.82) is 0 Å². The summed E-state index contributed by atoms with van der Waals surface area (Å²) < 4.78 is 0. The van der Waals surface area contributed by atoms with E-state index in [0.29, 0.717) is 54.7 Å². The molecule has 0 radical (unpaired) electrons. The maximum absolute atomic E-state index is 14.8. The van der Waals surface area contributed by atoms with Gasteiger partial charge in [0, 0.05) is 65.0 Å². The number of rotatable bonds is 4. The van der Waals surface area contributed by atoms with Crippen LogP contribution in [0.5, 0.6) is 0 Å². The predicted molar refractivity (Wildman–Crippen MR) is 272 cm³/mol. The topological polar surface area (TPSA) is 199 Å². The molecule has 11 aromatic carbocycles. The van der Waals surface area contributed by atoms with Crippen molar-refractivity contribution in [2.45, 2.75) is 0 Å². The highest BCUT2D eigenvalue weighted by Crippen LogP contribution is 2.37. The number of H-pyrrole nitrogens is 2. The molecule has 0 saturated heterocycles. The standard InChI is InChI=1S/C56H28N4O8/c61-49-33-21-17-27-29-19-23-35-43(47(29)59-45(27)41(33)51(63)31-13-7-15-37(39(31)49)57-55(67)25-9-3-1-4-10-25)53(65)36-24-20-30-28-18-22-34-42(46(28)60-48(30)44(36)54(35)66)52(64)32-14-8-16-38(40(32)50(34)62)58-56(68)26-11-5-2-6-12-26/h1-24,59-60H,(H,57,67)(H,58,68). The Morgan fingerprint density at radius 1 is 0.294 bits per heavy atom. The molecule has 0 aliphatic heterocycles. The molecule has 2 heterocycles. The van der Waals surface area contributed by atoms with Crippen molar-refractivity contribution >= 4 is 131 Å². The first kappa shape index (κ1) is 38.8. The average molecular weight is 885 g/mol. The lowest BCUT2D eigenvalue weighted by molar-refractivity contribution is 0.554. The van der Waals surface area contributed by atoms with Crippen molar-refractivity contribution in [1.82, 2.24) is 9.97 Å². The van der Waals surface area contributed by atoms with E-state index >= 15 is 0 Å². The molecule has 0 bridgehead atoms. The lowest BCUT2D eigenvalue weighted by Crippen LogP contribution is -2.14. The van der Waals surface area contributed by atoms with Crippen molar-refractivity contribution < 1.29 is 10.2 Å². The van der Waals surface area contributed by atoms with Crippen LogP contribution >= 0.6 is 0 Å². The van der Waals surface area contributed by atoms with Gasteiger partial charge in [0.2, 0.25) is 11.8 Å². The molecule has 12 nitrogen and oxygen atoms in total. The van der Waals surface area contributed by atoms with E-state index in [4.69, 9.17) is 0 Å². The van der Waals surface area contributed by atoms with Gasteiger partial charge in [0.15, 0.2) is 32.6 Å². The highest BCUT2D eigenvalue weighted by molar-refractivity contribution is 6.28.